The van der Waals surface area contributed by atoms with Crippen molar-refractivity contribution in [1.29, 1.82) is 5.26 Å². The lowest BCUT2D eigenvalue weighted by molar-refractivity contribution is -0.132. The van der Waals surface area contributed by atoms with Gasteiger partial charge in [-0.3, -0.25) is 9.59 Å². The number of methoxy groups -OCH3 is 1. The van der Waals surface area contributed by atoms with E-state index in [4.69, 9.17) is 9.47 Å². The molecule has 2 heterocycles. The van der Waals surface area contributed by atoms with Crippen molar-refractivity contribution < 1.29 is 29.0 Å². The first kappa shape index (κ1) is 27.3. The first-order chi connectivity index (χ1) is 17.0. The molecule has 2 aliphatic heterocycles. The molecule has 0 unspecified atom stereocenters. The normalized spacial score (nSPS) is 18.9. The van der Waals surface area contributed by atoms with Gasteiger partial charge in [0.25, 0.3) is 11.8 Å². The fraction of sp³-hybridized carbons (Fsp3) is 0.615. The fourth-order valence-corrected chi connectivity index (χ4v) is 4.94. The number of nitriles is 1. The van der Waals surface area contributed by atoms with Crippen LogP contribution >= 0.6 is 0 Å². The maximum atomic E-state index is 13.9. The van der Waals surface area contributed by atoms with Gasteiger partial charge in [0.15, 0.2) is 5.60 Å². The summed E-state index contributed by atoms with van der Waals surface area (Å²) < 4.78 is 11.1. The fourth-order valence-electron chi connectivity index (χ4n) is 4.94. The molecule has 36 heavy (non-hydrogen) atoms. The number of carbonyl (C=O) groups excluding carboxylic acids is 2. The number of anilines is 1. The lowest BCUT2D eigenvalue weighted by Crippen LogP contribution is -2.54. The van der Waals surface area contributed by atoms with Crippen LogP contribution in [-0.4, -0.2) is 83.8 Å². The maximum Gasteiger partial charge on any atom is 0.407 e. The number of carboxylic acid groups (broad SMARTS) is 1. The molecule has 1 saturated heterocycles. The lowest BCUT2D eigenvalue weighted by atomic mass is 9.97. The van der Waals surface area contributed by atoms with Crippen LogP contribution in [0, 0.1) is 11.3 Å². The van der Waals surface area contributed by atoms with E-state index in [0.29, 0.717) is 50.4 Å². The molecule has 3 amide bonds. The molecular formula is C26H36N4O6. The second-order valence-corrected chi connectivity index (χ2v) is 10.1. The molecular weight excluding hydrogens is 464 g/mol. The Bertz CT molecular complexity index is 1050. The quantitative estimate of drug-likeness (QED) is 0.542. The molecule has 1 fully saturated rings. The van der Waals surface area contributed by atoms with Gasteiger partial charge < -0.3 is 29.3 Å². The van der Waals surface area contributed by atoms with Gasteiger partial charge in [0, 0.05) is 45.5 Å². The lowest BCUT2D eigenvalue weighted by Gasteiger charge is -2.41. The minimum Gasteiger partial charge on any atom is -0.476 e. The monoisotopic (exact) mass is 500 g/mol. The van der Waals surface area contributed by atoms with Crippen molar-refractivity contribution in [3.8, 4) is 11.8 Å². The Hall–Kier alpha value is -3.32. The van der Waals surface area contributed by atoms with Crippen molar-refractivity contribution in [2.24, 2.45) is 0 Å². The summed E-state index contributed by atoms with van der Waals surface area (Å²) in [4.78, 5) is 43.3. The molecule has 0 aromatic heterocycles. The smallest absolute Gasteiger partial charge is 0.407 e. The molecule has 0 radical (unpaired) electrons. The number of benzene rings is 1. The molecule has 1 aromatic rings. The molecule has 10 heteroatoms. The number of hydrogen-bond acceptors (Lipinski definition) is 6. The molecule has 0 spiro atoms. The predicted octanol–water partition coefficient (Wildman–Crippen LogP) is 3.48. The summed E-state index contributed by atoms with van der Waals surface area (Å²) in [6, 6.07) is 4.68. The summed E-state index contributed by atoms with van der Waals surface area (Å²) in [6.45, 7) is 8.76. The van der Waals surface area contributed by atoms with Crippen LogP contribution in [0.15, 0.2) is 12.1 Å². The Balaban J connectivity index is 2.01. The summed E-state index contributed by atoms with van der Waals surface area (Å²) in [6.07, 6.45) is 1.77. The minimum atomic E-state index is -1.11. The summed E-state index contributed by atoms with van der Waals surface area (Å²) >= 11 is 0. The van der Waals surface area contributed by atoms with Gasteiger partial charge >= 0.3 is 6.09 Å². The highest BCUT2D eigenvalue weighted by Crippen LogP contribution is 2.40. The number of nitrogens with zero attached hydrogens (tertiary/aromatic N) is 4. The maximum absolute atomic E-state index is 13.9. The van der Waals surface area contributed by atoms with Crippen LogP contribution in [0.5, 0.6) is 5.75 Å². The van der Waals surface area contributed by atoms with E-state index in [0.717, 1.165) is 6.42 Å². The molecule has 1 aromatic carbocycles. The Morgan fingerprint density at radius 3 is 2.67 bits per heavy atom. The zero-order valence-electron chi connectivity index (χ0n) is 21.7. The number of hydrogen-bond donors (Lipinski definition) is 1. The van der Waals surface area contributed by atoms with Crippen molar-refractivity contribution in [2.75, 3.05) is 38.3 Å². The van der Waals surface area contributed by atoms with E-state index in [1.807, 2.05) is 13.8 Å². The van der Waals surface area contributed by atoms with E-state index in [1.165, 1.54) is 11.0 Å². The third-order valence-electron chi connectivity index (χ3n) is 6.70. The van der Waals surface area contributed by atoms with Gasteiger partial charge in [-0.2, -0.15) is 5.26 Å². The van der Waals surface area contributed by atoms with E-state index in [9.17, 15) is 24.8 Å². The van der Waals surface area contributed by atoms with Gasteiger partial charge in [-0.1, -0.05) is 0 Å². The SMILES string of the molecule is COCCCCN1C(=O)C(C)(C)Oc2cc(C#N)c(C(=O)N(C(C)C)[C@@H]3CCCN(C(=O)O)C3)cc21. The molecule has 1 atom stereocenters. The van der Waals surface area contributed by atoms with Crippen LogP contribution in [0.25, 0.3) is 0 Å². The molecule has 1 N–H and O–H groups in total. The Morgan fingerprint density at radius 2 is 2.06 bits per heavy atom. The van der Waals surface area contributed by atoms with Gasteiger partial charge in [-0.15, -0.1) is 0 Å². The predicted molar refractivity (Wildman–Crippen MR) is 133 cm³/mol. The number of piperidine rings is 1. The number of ether oxygens (including phenoxy) is 2. The van der Waals surface area contributed by atoms with Crippen molar-refractivity contribution in [3.63, 3.8) is 0 Å². The van der Waals surface area contributed by atoms with E-state index < -0.39 is 11.7 Å². The van der Waals surface area contributed by atoms with Gasteiger partial charge in [0.2, 0.25) is 0 Å². The van der Waals surface area contributed by atoms with Crippen molar-refractivity contribution in [3.05, 3.63) is 23.3 Å². The van der Waals surface area contributed by atoms with Crippen LogP contribution in [-0.2, 0) is 9.53 Å². The van der Waals surface area contributed by atoms with Crippen LogP contribution in [0.1, 0.15) is 69.3 Å². The van der Waals surface area contributed by atoms with Crippen LogP contribution in [0.3, 0.4) is 0 Å². The highest BCUT2D eigenvalue weighted by molar-refractivity contribution is 6.05. The van der Waals surface area contributed by atoms with E-state index in [1.54, 1.807) is 36.8 Å². The summed E-state index contributed by atoms with van der Waals surface area (Å²) in [7, 11) is 1.63. The Labute approximate surface area is 212 Å². The largest absolute Gasteiger partial charge is 0.476 e. The molecule has 3 rings (SSSR count). The Kier molecular flexibility index (Phi) is 8.46. The van der Waals surface area contributed by atoms with Crippen molar-refractivity contribution >= 4 is 23.6 Å². The molecule has 2 aliphatic rings. The number of likely N-dealkylation sites (tertiary alicyclic amines) is 1. The molecule has 10 nitrogen and oxygen atoms in total. The third kappa shape index (κ3) is 5.57. The highest BCUT2D eigenvalue weighted by Gasteiger charge is 2.42. The molecule has 0 aliphatic carbocycles. The van der Waals surface area contributed by atoms with Crippen molar-refractivity contribution in [2.45, 2.75) is 71.1 Å². The third-order valence-corrected chi connectivity index (χ3v) is 6.70. The topological polar surface area (TPSA) is 123 Å². The minimum absolute atomic E-state index is 0.153. The second kappa shape index (κ2) is 11.2. The first-order valence-corrected chi connectivity index (χ1v) is 12.4. The zero-order chi connectivity index (χ0) is 26.6. The number of unbranched alkanes of at least 4 members (excludes halogenated alkanes) is 1. The summed E-state index contributed by atoms with van der Waals surface area (Å²) in [5.41, 5.74) is -0.326. The first-order valence-electron chi connectivity index (χ1n) is 12.4. The van der Waals surface area contributed by atoms with Gasteiger partial charge in [-0.25, -0.2) is 4.79 Å². The number of carbonyl (C=O) groups is 3. The van der Waals surface area contributed by atoms with E-state index in [-0.39, 0.29) is 41.6 Å². The van der Waals surface area contributed by atoms with Crippen LogP contribution in [0.4, 0.5) is 10.5 Å². The number of amides is 3. The van der Waals surface area contributed by atoms with Crippen molar-refractivity contribution in [1.82, 2.24) is 9.80 Å². The number of rotatable bonds is 8. The van der Waals surface area contributed by atoms with Gasteiger partial charge in [-0.05, 0) is 59.4 Å². The zero-order valence-corrected chi connectivity index (χ0v) is 21.7. The number of fused-ring (bicyclic) bond motifs is 1. The average molecular weight is 501 g/mol. The summed E-state index contributed by atoms with van der Waals surface area (Å²) in [5.74, 6) is -0.205. The molecule has 0 bridgehead atoms. The van der Waals surface area contributed by atoms with Gasteiger partial charge in [0.1, 0.15) is 11.8 Å². The molecule has 0 saturated carbocycles. The van der Waals surface area contributed by atoms with E-state index >= 15 is 0 Å². The summed E-state index contributed by atoms with van der Waals surface area (Å²) in [5, 5.41) is 19.4. The molecule has 196 valence electrons. The second-order valence-electron chi connectivity index (χ2n) is 10.1. The van der Waals surface area contributed by atoms with E-state index in [2.05, 4.69) is 6.07 Å². The Morgan fingerprint density at radius 1 is 1.33 bits per heavy atom. The van der Waals surface area contributed by atoms with Crippen LogP contribution < -0.4 is 9.64 Å². The average Bonchev–Trinajstić information content (AvgIpc) is 2.83. The highest BCUT2D eigenvalue weighted by atomic mass is 16.5. The van der Waals surface area contributed by atoms with Gasteiger partial charge in [0.05, 0.1) is 22.9 Å². The standard InChI is InChI=1S/C26H36N4O6/c1-17(2)30(19-9-8-10-28(16-19)25(33)34)23(31)20-14-21-22(13-18(20)15-27)36-26(3,4)24(32)29(21)11-6-7-12-35-5/h13-14,17,19H,6-12,16H2,1-5H3,(H,33,34)/t19-/m1/s1. The van der Waals surface area contributed by atoms with Crippen LogP contribution in [0.2, 0.25) is 0 Å².